The highest BCUT2D eigenvalue weighted by molar-refractivity contribution is 6.12. The molecule has 3 aromatic heterocycles. The summed E-state index contributed by atoms with van der Waals surface area (Å²) in [6.07, 6.45) is 0. The molecular formula is C59H35N3O2. The molecule has 13 aromatic rings. The number of hydrogen-bond acceptors (Lipinski definition) is 5. The van der Waals surface area contributed by atoms with Crippen LogP contribution in [0.4, 0.5) is 0 Å². The third-order valence-electron chi connectivity index (χ3n) is 12.6. The molecule has 5 heteroatoms. The Kier molecular flexibility index (Phi) is 8.15. The fourth-order valence-corrected chi connectivity index (χ4v) is 9.61. The Balaban J connectivity index is 1.19. The first-order valence-electron chi connectivity index (χ1n) is 21.5. The zero-order valence-electron chi connectivity index (χ0n) is 34.4. The third kappa shape index (κ3) is 5.75. The fourth-order valence-electron chi connectivity index (χ4n) is 9.61. The fraction of sp³-hybridized carbons (Fsp3) is 0. The van der Waals surface area contributed by atoms with Gasteiger partial charge in [-0.2, -0.15) is 0 Å². The molecule has 0 saturated carbocycles. The van der Waals surface area contributed by atoms with Crippen LogP contribution < -0.4 is 0 Å². The second-order valence-corrected chi connectivity index (χ2v) is 16.2. The van der Waals surface area contributed by atoms with Gasteiger partial charge in [-0.15, -0.1) is 0 Å². The van der Waals surface area contributed by atoms with E-state index in [1.807, 2.05) is 48.5 Å². The molecule has 0 amide bonds. The van der Waals surface area contributed by atoms with E-state index in [-0.39, 0.29) is 0 Å². The molecule has 0 N–H and O–H groups in total. The Labute approximate surface area is 367 Å². The first-order chi connectivity index (χ1) is 31.7. The average Bonchev–Trinajstić information content (AvgIpc) is 3.95. The van der Waals surface area contributed by atoms with Gasteiger partial charge in [0.15, 0.2) is 17.5 Å². The van der Waals surface area contributed by atoms with Gasteiger partial charge in [0.25, 0.3) is 0 Å². The molecule has 3 heterocycles. The van der Waals surface area contributed by atoms with Crippen LogP contribution >= 0.6 is 0 Å². The molecule has 0 atom stereocenters. The molecule has 0 spiro atoms. The minimum Gasteiger partial charge on any atom is -0.455 e. The molecule has 298 valence electrons. The van der Waals surface area contributed by atoms with Gasteiger partial charge in [0.2, 0.25) is 0 Å². The number of benzene rings is 10. The molecule has 0 fully saturated rings. The lowest BCUT2D eigenvalue weighted by atomic mass is 9.84. The molecule has 5 nitrogen and oxygen atoms in total. The molecule has 10 aromatic carbocycles. The number of para-hydroxylation sites is 4. The van der Waals surface area contributed by atoms with Gasteiger partial charge in [-0.25, -0.2) is 15.0 Å². The molecule has 0 bridgehead atoms. The van der Waals surface area contributed by atoms with Crippen molar-refractivity contribution in [3.05, 3.63) is 212 Å². The Morgan fingerprint density at radius 2 is 0.672 bits per heavy atom. The first kappa shape index (κ1) is 36.0. The van der Waals surface area contributed by atoms with Crippen LogP contribution in [0, 0.1) is 0 Å². The van der Waals surface area contributed by atoms with Crippen molar-refractivity contribution in [2.24, 2.45) is 0 Å². The van der Waals surface area contributed by atoms with Gasteiger partial charge in [-0.1, -0.05) is 176 Å². The predicted octanol–water partition coefficient (Wildman–Crippen LogP) is 16.0. The standard InChI is InChI=1S/C59H35N3O2/c1-2-16-36(17-3-1)39-34-50(42-26-12-20-37-18-4-6-22-40(37)42)54(45-27-13-21-38-19-5-7-23-41(38)45)51(35-39)59-61-57(48-30-14-28-46-43-24-8-10-32-52(43)63-55(46)48)60-58(62-59)49-31-15-29-47-44-25-9-11-33-53(44)64-56(47)49/h1-35H. The minimum absolute atomic E-state index is 0.499. The smallest absolute Gasteiger partial charge is 0.167 e. The van der Waals surface area contributed by atoms with E-state index >= 15 is 0 Å². The van der Waals surface area contributed by atoms with Crippen LogP contribution in [0.15, 0.2) is 221 Å². The zero-order valence-corrected chi connectivity index (χ0v) is 34.4. The highest BCUT2D eigenvalue weighted by Gasteiger charge is 2.25. The lowest BCUT2D eigenvalue weighted by Crippen LogP contribution is -2.03. The Bertz CT molecular complexity index is 3830. The van der Waals surface area contributed by atoms with E-state index in [1.165, 1.54) is 0 Å². The van der Waals surface area contributed by atoms with Crippen molar-refractivity contribution in [1.29, 1.82) is 0 Å². The van der Waals surface area contributed by atoms with Crippen LogP contribution in [0.25, 0.3) is 133 Å². The van der Waals surface area contributed by atoms with Gasteiger partial charge in [0, 0.05) is 32.7 Å². The molecular weight excluding hydrogens is 783 g/mol. The molecule has 0 saturated heterocycles. The van der Waals surface area contributed by atoms with Gasteiger partial charge >= 0.3 is 0 Å². The third-order valence-corrected chi connectivity index (χ3v) is 12.6. The van der Waals surface area contributed by atoms with Crippen molar-refractivity contribution < 1.29 is 8.83 Å². The Morgan fingerprint density at radius 3 is 1.27 bits per heavy atom. The second kappa shape index (κ2) is 14.5. The number of fused-ring (bicyclic) bond motifs is 8. The zero-order chi connectivity index (χ0) is 42.1. The minimum atomic E-state index is 0.499. The molecule has 0 aliphatic rings. The van der Waals surface area contributed by atoms with Gasteiger partial charge in [0.1, 0.15) is 22.3 Å². The molecule has 13 rings (SSSR count). The summed E-state index contributed by atoms with van der Waals surface area (Å²) in [6.45, 7) is 0. The van der Waals surface area contributed by atoms with E-state index < -0.39 is 0 Å². The summed E-state index contributed by atoms with van der Waals surface area (Å²) in [4.78, 5) is 16.4. The van der Waals surface area contributed by atoms with E-state index in [4.69, 9.17) is 23.8 Å². The van der Waals surface area contributed by atoms with Gasteiger partial charge in [-0.05, 0) is 85.8 Å². The number of hydrogen-bond donors (Lipinski definition) is 0. The largest absolute Gasteiger partial charge is 0.455 e. The average molecular weight is 818 g/mol. The highest BCUT2D eigenvalue weighted by Crippen LogP contribution is 2.47. The van der Waals surface area contributed by atoms with E-state index in [0.29, 0.717) is 17.5 Å². The maximum Gasteiger partial charge on any atom is 0.167 e. The number of rotatable bonds is 6. The maximum absolute atomic E-state index is 6.66. The summed E-state index contributed by atoms with van der Waals surface area (Å²) in [5.74, 6) is 1.53. The van der Waals surface area contributed by atoms with Crippen molar-refractivity contribution in [3.8, 4) is 67.5 Å². The summed E-state index contributed by atoms with van der Waals surface area (Å²) in [5, 5.41) is 8.67. The van der Waals surface area contributed by atoms with Crippen LogP contribution in [-0.2, 0) is 0 Å². The molecule has 0 aliphatic carbocycles. The van der Waals surface area contributed by atoms with E-state index in [9.17, 15) is 0 Å². The number of furan rings is 2. The summed E-state index contributed by atoms with van der Waals surface area (Å²) < 4.78 is 13.3. The van der Waals surface area contributed by atoms with E-state index in [1.54, 1.807) is 0 Å². The van der Waals surface area contributed by atoms with Crippen molar-refractivity contribution in [2.45, 2.75) is 0 Å². The van der Waals surface area contributed by atoms with Gasteiger partial charge in [-0.3, -0.25) is 0 Å². The molecule has 0 aliphatic heterocycles. The van der Waals surface area contributed by atoms with Crippen LogP contribution in [-0.4, -0.2) is 15.0 Å². The predicted molar refractivity (Wildman–Crippen MR) is 262 cm³/mol. The summed E-state index contributed by atoms with van der Waals surface area (Å²) in [6, 6.07) is 74.2. The van der Waals surface area contributed by atoms with E-state index in [2.05, 4.69) is 164 Å². The SMILES string of the molecule is c1ccc(-c2cc(-c3nc(-c4cccc5c4oc4ccccc45)nc(-c4cccc5c4oc4ccccc45)n3)c(-c3cccc4ccccc34)c(-c3cccc4ccccc34)c2)cc1. The number of nitrogens with zero attached hydrogens (tertiary/aromatic N) is 3. The highest BCUT2D eigenvalue weighted by atomic mass is 16.3. The van der Waals surface area contributed by atoms with Crippen LogP contribution in [0.2, 0.25) is 0 Å². The van der Waals surface area contributed by atoms with Crippen molar-refractivity contribution >= 4 is 65.4 Å². The first-order valence-corrected chi connectivity index (χ1v) is 21.5. The molecule has 0 radical (unpaired) electrons. The van der Waals surface area contributed by atoms with Crippen molar-refractivity contribution in [1.82, 2.24) is 15.0 Å². The Morgan fingerprint density at radius 1 is 0.266 bits per heavy atom. The van der Waals surface area contributed by atoms with Crippen LogP contribution in [0.1, 0.15) is 0 Å². The summed E-state index contributed by atoms with van der Waals surface area (Å²) in [5.41, 5.74) is 11.9. The Hall–Kier alpha value is -8.67. The monoisotopic (exact) mass is 817 g/mol. The van der Waals surface area contributed by atoms with Crippen LogP contribution in [0.3, 0.4) is 0 Å². The summed E-state index contributed by atoms with van der Waals surface area (Å²) >= 11 is 0. The topological polar surface area (TPSA) is 65.0 Å². The van der Waals surface area contributed by atoms with Crippen molar-refractivity contribution in [3.63, 3.8) is 0 Å². The normalized spacial score (nSPS) is 11.8. The van der Waals surface area contributed by atoms with E-state index in [0.717, 1.165) is 115 Å². The second-order valence-electron chi connectivity index (χ2n) is 16.2. The van der Waals surface area contributed by atoms with Crippen molar-refractivity contribution in [2.75, 3.05) is 0 Å². The number of aromatic nitrogens is 3. The van der Waals surface area contributed by atoms with Gasteiger partial charge in [0.05, 0.1) is 11.1 Å². The van der Waals surface area contributed by atoms with Crippen LogP contribution in [0.5, 0.6) is 0 Å². The maximum atomic E-state index is 6.66. The quantitative estimate of drug-likeness (QED) is 0.167. The molecule has 0 unspecified atom stereocenters. The molecule has 64 heavy (non-hydrogen) atoms. The van der Waals surface area contributed by atoms with Gasteiger partial charge < -0.3 is 8.83 Å². The lowest BCUT2D eigenvalue weighted by molar-refractivity contribution is 0.669. The lowest BCUT2D eigenvalue weighted by Gasteiger charge is -2.21. The summed E-state index contributed by atoms with van der Waals surface area (Å²) in [7, 11) is 0.